The lowest BCUT2D eigenvalue weighted by atomic mass is 10.1. The second-order valence-electron chi connectivity index (χ2n) is 6.76. The molecule has 30 heavy (non-hydrogen) atoms. The number of aromatic amines is 1. The van der Waals surface area contributed by atoms with Crippen LogP contribution in [0.2, 0.25) is 0 Å². The Morgan fingerprint density at radius 2 is 1.80 bits per heavy atom. The third kappa shape index (κ3) is 3.80. The molecule has 8 nitrogen and oxygen atoms in total. The first-order valence-corrected chi connectivity index (χ1v) is 9.43. The van der Waals surface area contributed by atoms with Crippen LogP contribution in [0.15, 0.2) is 52.9 Å². The summed E-state index contributed by atoms with van der Waals surface area (Å²) in [7, 11) is 0. The highest BCUT2D eigenvalue weighted by molar-refractivity contribution is 6.04. The lowest BCUT2D eigenvalue weighted by Crippen LogP contribution is -2.27. The summed E-state index contributed by atoms with van der Waals surface area (Å²) < 4.78 is 10.6. The Kier molecular flexibility index (Phi) is 5.30. The minimum atomic E-state index is -0.593. The van der Waals surface area contributed by atoms with Crippen molar-refractivity contribution in [3.8, 4) is 0 Å². The van der Waals surface area contributed by atoms with Crippen LogP contribution in [0, 0.1) is 6.92 Å². The van der Waals surface area contributed by atoms with Gasteiger partial charge < -0.3 is 14.5 Å². The van der Waals surface area contributed by atoms with E-state index in [0.29, 0.717) is 16.5 Å². The average molecular weight is 405 g/mol. The van der Waals surface area contributed by atoms with Gasteiger partial charge in [-0.3, -0.25) is 19.5 Å². The second-order valence-corrected chi connectivity index (χ2v) is 6.76. The van der Waals surface area contributed by atoms with Crippen molar-refractivity contribution >= 4 is 39.5 Å². The third-order valence-corrected chi connectivity index (χ3v) is 4.76. The number of carbonyl (C=O) groups is 3. The van der Waals surface area contributed by atoms with E-state index in [9.17, 15) is 14.4 Å². The predicted octanol–water partition coefficient (Wildman–Crippen LogP) is 3.16. The molecule has 0 bridgehead atoms. The quantitative estimate of drug-likeness (QED) is 0.361. The fraction of sp³-hybridized carbons (Fsp3) is 0.182. The van der Waals surface area contributed by atoms with Gasteiger partial charge in [0.05, 0.1) is 11.9 Å². The molecule has 0 unspecified atom stereocenters. The number of aromatic nitrogens is 2. The summed E-state index contributed by atoms with van der Waals surface area (Å²) >= 11 is 0. The van der Waals surface area contributed by atoms with Gasteiger partial charge in [0.1, 0.15) is 5.58 Å². The Balaban J connectivity index is 1.27. The fourth-order valence-electron chi connectivity index (χ4n) is 3.22. The number of hydrogen-bond donors (Lipinski definition) is 2. The molecule has 8 heteroatoms. The minimum Gasteiger partial charge on any atom is -0.457 e. The number of para-hydroxylation sites is 2. The molecule has 2 aromatic carbocycles. The van der Waals surface area contributed by atoms with Gasteiger partial charge in [0.2, 0.25) is 5.78 Å². The van der Waals surface area contributed by atoms with E-state index in [2.05, 4.69) is 15.5 Å². The van der Waals surface area contributed by atoms with Gasteiger partial charge >= 0.3 is 5.97 Å². The van der Waals surface area contributed by atoms with E-state index in [0.717, 1.165) is 10.9 Å². The first-order valence-electron chi connectivity index (χ1n) is 9.43. The lowest BCUT2D eigenvalue weighted by Gasteiger charge is -2.05. The van der Waals surface area contributed by atoms with E-state index in [4.69, 9.17) is 9.15 Å². The molecule has 0 atom stereocenters. The minimum absolute atomic E-state index is 0.0662. The molecular formula is C22H19N3O5. The molecule has 2 N–H and O–H groups in total. The van der Waals surface area contributed by atoms with Gasteiger partial charge in [-0.05, 0) is 19.1 Å². The monoisotopic (exact) mass is 405 g/mol. The first kappa shape index (κ1) is 19.4. The highest BCUT2D eigenvalue weighted by atomic mass is 16.5. The number of furan rings is 1. The molecule has 2 heterocycles. The van der Waals surface area contributed by atoms with Crippen LogP contribution in [0.4, 0.5) is 0 Å². The van der Waals surface area contributed by atoms with Crippen molar-refractivity contribution in [2.24, 2.45) is 0 Å². The van der Waals surface area contributed by atoms with E-state index >= 15 is 0 Å². The molecule has 0 fully saturated rings. The zero-order valence-corrected chi connectivity index (χ0v) is 16.2. The van der Waals surface area contributed by atoms with Gasteiger partial charge in [0.25, 0.3) is 5.91 Å². The largest absolute Gasteiger partial charge is 0.457 e. The Morgan fingerprint density at radius 3 is 2.60 bits per heavy atom. The van der Waals surface area contributed by atoms with Crippen molar-refractivity contribution in [3.05, 3.63) is 65.5 Å². The molecule has 0 radical (unpaired) electrons. The summed E-state index contributed by atoms with van der Waals surface area (Å²) in [4.78, 5) is 36.6. The van der Waals surface area contributed by atoms with Gasteiger partial charge in [-0.15, -0.1) is 0 Å². The second kappa shape index (κ2) is 8.20. The highest BCUT2D eigenvalue weighted by Gasteiger charge is 2.19. The highest BCUT2D eigenvalue weighted by Crippen LogP contribution is 2.25. The van der Waals surface area contributed by atoms with Crippen LogP contribution in [0.5, 0.6) is 0 Å². The standard InChI is InChI=1S/C22H19N3O5/c1-13-14-6-3-5-9-18(14)30-21(13)17(26)12-29-19(27)10-11-23-22(28)20-15-7-2-4-8-16(15)24-25-20/h2-9H,10-12H2,1H3,(H,23,28)(H,24,25). The van der Waals surface area contributed by atoms with Crippen LogP contribution in [0.25, 0.3) is 21.9 Å². The van der Waals surface area contributed by atoms with Gasteiger partial charge in [-0.25, -0.2) is 0 Å². The van der Waals surface area contributed by atoms with E-state index < -0.39 is 24.3 Å². The molecule has 0 saturated heterocycles. The number of nitrogens with zero attached hydrogens (tertiary/aromatic N) is 1. The van der Waals surface area contributed by atoms with Gasteiger partial charge in [0, 0.05) is 22.9 Å². The zero-order valence-electron chi connectivity index (χ0n) is 16.2. The summed E-state index contributed by atoms with van der Waals surface area (Å²) in [5.74, 6) is -1.22. The van der Waals surface area contributed by atoms with E-state index in [-0.39, 0.29) is 24.4 Å². The van der Waals surface area contributed by atoms with Crippen LogP contribution in [0.3, 0.4) is 0 Å². The summed E-state index contributed by atoms with van der Waals surface area (Å²) in [5, 5.41) is 11.0. The van der Waals surface area contributed by atoms with Gasteiger partial charge in [0.15, 0.2) is 18.1 Å². The van der Waals surface area contributed by atoms with Crippen molar-refractivity contribution in [1.82, 2.24) is 15.5 Å². The van der Waals surface area contributed by atoms with Crippen LogP contribution < -0.4 is 5.32 Å². The van der Waals surface area contributed by atoms with E-state index in [1.807, 2.05) is 36.4 Å². The summed E-state index contributed by atoms with van der Waals surface area (Å²) in [6.45, 7) is 1.43. The van der Waals surface area contributed by atoms with Gasteiger partial charge in [-0.1, -0.05) is 36.4 Å². The number of amides is 1. The molecule has 0 saturated carbocycles. The smallest absolute Gasteiger partial charge is 0.308 e. The van der Waals surface area contributed by atoms with E-state index in [1.165, 1.54) is 0 Å². The number of rotatable bonds is 7. The number of carbonyl (C=O) groups excluding carboxylic acids is 3. The average Bonchev–Trinajstić information content (AvgIpc) is 3.34. The lowest BCUT2D eigenvalue weighted by molar-refractivity contribution is -0.142. The molecule has 2 aromatic heterocycles. The number of hydrogen-bond acceptors (Lipinski definition) is 6. The van der Waals surface area contributed by atoms with E-state index in [1.54, 1.807) is 19.1 Å². The molecule has 4 aromatic rings. The fourth-order valence-corrected chi connectivity index (χ4v) is 3.22. The number of nitrogens with one attached hydrogen (secondary N) is 2. The molecular weight excluding hydrogens is 386 g/mol. The number of ether oxygens (including phenoxy) is 1. The Hall–Kier alpha value is -3.94. The van der Waals surface area contributed by atoms with Crippen LogP contribution >= 0.6 is 0 Å². The molecule has 152 valence electrons. The number of esters is 1. The third-order valence-electron chi connectivity index (χ3n) is 4.76. The maximum absolute atomic E-state index is 12.3. The number of benzene rings is 2. The van der Waals surface area contributed by atoms with Crippen LogP contribution in [0.1, 0.15) is 33.0 Å². The van der Waals surface area contributed by atoms with Crippen molar-refractivity contribution in [1.29, 1.82) is 0 Å². The predicted molar refractivity (Wildman–Crippen MR) is 109 cm³/mol. The number of H-pyrrole nitrogens is 1. The molecule has 0 aliphatic heterocycles. The van der Waals surface area contributed by atoms with Crippen molar-refractivity contribution in [3.63, 3.8) is 0 Å². The summed E-state index contributed by atoms with van der Waals surface area (Å²) in [5.41, 5.74) is 2.33. The molecule has 0 aliphatic rings. The van der Waals surface area contributed by atoms with Crippen molar-refractivity contribution < 1.29 is 23.5 Å². The van der Waals surface area contributed by atoms with Crippen LogP contribution in [-0.2, 0) is 9.53 Å². The first-order chi connectivity index (χ1) is 14.5. The SMILES string of the molecule is Cc1c(C(=O)COC(=O)CCNC(=O)c2n[nH]c3ccccc23)oc2ccccc12. The van der Waals surface area contributed by atoms with Gasteiger partial charge in [-0.2, -0.15) is 5.10 Å². The Morgan fingerprint density at radius 1 is 1.07 bits per heavy atom. The topological polar surface area (TPSA) is 114 Å². The summed E-state index contributed by atoms with van der Waals surface area (Å²) in [6, 6.07) is 14.6. The molecule has 4 rings (SSSR count). The van der Waals surface area contributed by atoms with Crippen LogP contribution in [-0.4, -0.2) is 41.0 Å². The van der Waals surface area contributed by atoms with Crippen molar-refractivity contribution in [2.45, 2.75) is 13.3 Å². The molecule has 1 amide bonds. The number of aryl methyl sites for hydroxylation is 1. The maximum atomic E-state index is 12.3. The Labute approximate surface area is 171 Å². The molecule has 0 aliphatic carbocycles. The normalized spacial score (nSPS) is 11.0. The maximum Gasteiger partial charge on any atom is 0.308 e. The summed E-state index contributed by atoms with van der Waals surface area (Å²) in [6.07, 6.45) is -0.0690. The van der Waals surface area contributed by atoms with Crippen molar-refractivity contribution in [2.75, 3.05) is 13.2 Å². The molecule has 0 spiro atoms. The number of fused-ring (bicyclic) bond motifs is 2. The number of ketones is 1. The Bertz CT molecular complexity index is 1250. The zero-order chi connectivity index (χ0) is 21.1. The number of Topliss-reactive ketones (excluding diaryl/α,β-unsaturated/α-hetero) is 1.